The molecule has 1 unspecified atom stereocenters. The third-order valence-corrected chi connectivity index (χ3v) is 4.36. The monoisotopic (exact) mass is 303 g/mol. The minimum Gasteiger partial charge on any atom is -0.322 e. The zero-order valence-electron chi connectivity index (χ0n) is 13.5. The normalized spacial score (nSPS) is 12.1. The quantitative estimate of drug-likeness (QED) is 0.667. The van der Waals surface area contributed by atoms with E-state index in [9.17, 15) is 4.79 Å². The van der Waals surface area contributed by atoms with Gasteiger partial charge in [-0.3, -0.25) is 4.79 Å². The van der Waals surface area contributed by atoms with E-state index in [1.165, 1.54) is 5.56 Å². The van der Waals surface area contributed by atoms with Gasteiger partial charge in [-0.25, -0.2) is 0 Å². The molecule has 116 valence electrons. The first-order valence-electron chi connectivity index (χ1n) is 8.07. The van der Waals surface area contributed by atoms with Crippen molar-refractivity contribution in [3.05, 3.63) is 77.9 Å². The van der Waals surface area contributed by atoms with Crippen LogP contribution in [0.1, 0.15) is 42.1 Å². The summed E-state index contributed by atoms with van der Waals surface area (Å²) in [6, 6.07) is 21.9. The van der Waals surface area contributed by atoms with Crippen LogP contribution in [0.2, 0.25) is 0 Å². The van der Waals surface area contributed by atoms with Crippen LogP contribution in [0.15, 0.2) is 66.7 Å². The molecule has 0 heterocycles. The molecule has 1 N–H and O–H groups in total. The van der Waals surface area contributed by atoms with Gasteiger partial charge in [0.25, 0.3) is 5.91 Å². The Labute approximate surface area is 137 Å². The molecule has 2 nitrogen and oxygen atoms in total. The minimum atomic E-state index is -0.0768. The van der Waals surface area contributed by atoms with Crippen molar-refractivity contribution in [3.8, 4) is 0 Å². The van der Waals surface area contributed by atoms with E-state index < -0.39 is 0 Å². The molecule has 0 radical (unpaired) electrons. The molecule has 2 heteroatoms. The highest BCUT2D eigenvalue weighted by molar-refractivity contribution is 6.06. The molecule has 0 saturated carbocycles. The summed E-state index contributed by atoms with van der Waals surface area (Å²) in [5, 5.41) is 5.19. The fraction of sp³-hybridized carbons (Fsp3) is 0.190. The first-order chi connectivity index (χ1) is 11.2. The molecule has 0 aliphatic heterocycles. The topological polar surface area (TPSA) is 29.1 Å². The predicted molar refractivity (Wildman–Crippen MR) is 97.0 cm³/mol. The standard InChI is InChI=1S/C21H21NO/c1-3-15(2)16-10-12-20(13-11-16)22-21(23)19-9-8-17-6-4-5-7-18(17)14-19/h4-15H,3H2,1-2H3,(H,22,23). The summed E-state index contributed by atoms with van der Waals surface area (Å²) >= 11 is 0. The van der Waals surface area contributed by atoms with Crippen LogP contribution in [0.4, 0.5) is 5.69 Å². The maximum atomic E-state index is 12.4. The number of benzene rings is 3. The van der Waals surface area contributed by atoms with E-state index in [0.717, 1.165) is 22.9 Å². The van der Waals surface area contributed by atoms with Crippen LogP contribution >= 0.6 is 0 Å². The number of hydrogen-bond donors (Lipinski definition) is 1. The summed E-state index contributed by atoms with van der Waals surface area (Å²) in [7, 11) is 0. The number of hydrogen-bond acceptors (Lipinski definition) is 1. The Morgan fingerprint density at radius 3 is 2.35 bits per heavy atom. The van der Waals surface area contributed by atoms with Crippen molar-refractivity contribution < 1.29 is 4.79 Å². The lowest BCUT2D eigenvalue weighted by molar-refractivity contribution is 0.102. The second-order valence-electron chi connectivity index (χ2n) is 5.95. The Bertz CT molecular complexity index is 821. The molecule has 0 aliphatic carbocycles. The summed E-state index contributed by atoms with van der Waals surface area (Å²) in [6.45, 7) is 4.39. The fourth-order valence-electron chi connectivity index (χ4n) is 2.66. The zero-order valence-corrected chi connectivity index (χ0v) is 13.5. The van der Waals surface area contributed by atoms with Crippen molar-refractivity contribution in [3.63, 3.8) is 0 Å². The predicted octanol–water partition coefficient (Wildman–Crippen LogP) is 5.61. The highest BCUT2D eigenvalue weighted by Gasteiger charge is 2.08. The lowest BCUT2D eigenvalue weighted by atomic mass is 9.98. The molecule has 0 spiro atoms. The van der Waals surface area contributed by atoms with Gasteiger partial charge in [-0.15, -0.1) is 0 Å². The van der Waals surface area contributed by atoms with Gasteiger partial charge in [-0.1, -0.05) is 56.3 Å². The third kappa shape index (κ3) is 3.42. The molecule has 0 saturated heterocycles. The smallest absolute Gasteiger partial charge is 0.255 e. The van der Waals surface area contributed by atoms with Crippen molar-refractivity contribution >= 4 is 22.4 Å². The van der Waals surface area contributed by atoms with E-state index in [0.29, 0.717) is 11.5 Å². The van der Waals surface area contributed by atoms with Crippen LogP contribution in [-0.4, -0.2) is 5.91 Å². The highest BCUT2D eigenvalue weighted by atomic mass is 16.1. The van der Waals surface area contributed by atoms with Crippen LogP contribution in [0.3, 0.4) is 0 Å². The lowest BCUT2D eigenvalue weighted by Gasteiger charge is -2.11. The highest BCUT2D eigenvalue weighted by Crippen LogP contribution is 2.21. The molecule has 3 rings (SSSR count). The van der Waals surface area contributed by atoms with Crippen LogP contribution in [0.5, 0.6) is 0 Å². The molecular formula is C21H21NO. The van der Waals surface area contributed by atoms with Crippen molar-refractivity contribution in [2.45, 2.75) is 26.2 Å². The van der Waals surface area contributed by atoms with E-state index in [-0.39, 0.29) is 5.91 Å². The van der Waals surface area contributed by atoms with Crippen molar-refractivity contribution in [2.24, 2.45) is 0 Å². The largest absolute Gasteiger partial charge is 0.322 e. The van der Waals surface area contributed by atoms with Gasteiger partial charge in [0.2, 0.25) is 0 Å². The van der Waals surface area contributed by atoms with E-state index in [1.807, 2.05) is 54.6 Å². The molecule has 0 aromatic heterocycles. The second kappa shape index (κ2) is 6.66. The summed E-state index contributed by atoms with van der Waals surface area (Å²) < 4.78 is 0. The van der Waals surface area contributed by atoms with E-state index in [4.69, 9.17) is 0 Å². The van der Waals surface area contributed by atoms with Crippen molar-refractivity contribution in [1.29, 1.82) is 0 Å². The molecular weight excluding hydrogens is 282 g/mol. The van der Waals surface area contributed by atoms with Gasteiger partial charge < -0.3 is 5.32 Å². The van der Waals surface area contributed by atoms with Gasteiger partial charge >= 0.3 is 0 Å². The number of rotatable bonds is 4. The Morgan fingerprint density at radius 1 is 0.957 bits per heavy atom. The fourth-order valence-corrected chi connectivity index (χ4v) is 2.66. The molecule has 3 aromatic carbocycles. The minimum absolute atomic E-state index is 0.0768. The Hall–Kier alpha value is -2.61. The molecule has 0 fully saturated rings. The van der Waals surface area contributed by atoms with Crippen LogP contribution in [-0.2, 0) is 0 Å². The van der Waals surface area contributed by atoms with E-state index >= 15 is 0 Å². The third-order valence-electron chi connectivity index (χ3n) is 4.36. The van der Waals surface area contributed by atoms with Gasteiger partial charge in [0.1, 0.15) is 0 Å². The number of amides is 1. The second-order valence-corrected chi connectivity index (χ2v) is 5.95. The van der Waals surface area contributed by atoms with Crippen LogP contribution in [0, 0.1) is 0 Å². The Morgan fingerprint density at radius 2 is 1.65 bits per heavy atom. The maximum absolute atomic E-state index is 12.4. The SMILES string of the molecule is CCC(C)c1ccc(NC(=O)c2ccc3ccccc3c2)cc1. The molecule has 3 aromatic rings. The number of carbonyl (C=O) groups excluding carboxylic acids is 1. The summed E-state index contributed by atoms with van der Waals surface area (Å²) in [6.07, 6.45) is 1.11. The van der Waals surface area contributed by atoms with Crippen molar-refractivity contribution in [1.82, 2.24) is 0 Å². The average Bonchev–Trinajstić information content (AvgIpc) is 2.61. The lowest BCUT2D eigenvalue weighted by Crippen LogP contribution is -2.11. The van der Waals surface area contributed by atoms with Gasteiger partial charge in [0, 0.05) is 11.3 Å². The van der Waals surface area contributed by atoms with Gasteiger partial charge in [-0.05, 0) is 52.9 Å². The van der Waals surface area contributed by atoms with Gasteiger partial charge in [-0.2, -0.15) is 0 Å². The summed E-state index contributed by atoms with van der Waals surface area (Å²) in [5.74, 6) is 0.465. The van der Waals surface area contributed by atoms with E-state index in [2.05, 4.69) is 31.3 Å². The number of anilines is 1. The van der Waals surface area contributed by atoms with Gasteiger partial charge in [0.15, 0.2) is 0 Å². The zero-order chi connectivity index (χ0) is 16.2. The molecule has 1 atom stereocenters. The van der Waals surface area contributed by atoms with Crippen molar-refractivity contribution in [2.75, 3.05) is 5.32 Å². The van der Waals surface area contributed by atoms with Gasteiger partial charge in [0.05, 0.1) is 0 Å². The summed E-state index contributed by atoms with van der Waals surface area (Å²) in [4.78, 5) is 12.4. The average molecular weight is 303 g/mol. The van der Waals surface area contributed by atoms with E-state index in [1.54, 1.807) is 0 Å². The first kappa shape index (κ1) is 15.3. The summed E-state index contributed by atoms with van der Waals surface area (Å²) in [5.41, 5.74) is 2.81. The number of fused-ring (bicyclic) bond motifs is 1. The number of nitrogens with one attached hydrogen (secondary N) is 1. The Balaban J connectivity index is 1.77. The first-order valence-corrected chi connectivity index (χ1v) is 8.07. The van der Waals surface area contributed by atoms with Crippen LogP contribution < -0.4 is 5.32 Å². The molecule has 23 heavy (non-hydrogen) atoms. The molecule has 0 bridgehead atoms. The maximum Gasteiger partial charge on any atom is 0.255 e. The number of carbonyl (C=O) groups is 1. The molecule has 0 aliphatic rings. The van der Waals surface area contributed by atoms with Crippen LogP contribution in [0.25, 0.3) is 10.8 Å². The Kier molecular flexibility index (Phi) is 4.42. The molecule has 1 amide bonds.